The van der Waals surface area contributed by atoms with Crippen molar-refractivity contribution in [1.82, 2.24) is 24.7 Å². The first-order valence-corrected chi connectivity index (χ1v) is 11.4. The molecular weight excluding hydrogens is 577 g/mol. The topological polar surface area (TPSA) is 103 Å². The van der Waals surface area contributed by atoms with Crippen LogP contribution in [0.15, 0.2) is 46.5 Å². The number of H-pyrrole nitrogens is 1. The molecule has 1 N–H and O–H groups in total. The Hall–Kier alpha value is -4.44. The smallest absolute Gasteiger partial charge is 0.425 e. The highest BCUT2D eigenvalue weighted by Crippen LogP contribution is 2.34. The number of benzene rings is 1. The summed E-state index contributed by atoms with van der Waals surface area (Å²) >= 11 is 0. The summed E-state index contributed by atoms with van der Waals surface area (Å²) in [6.07, 6.45) is -11.2. The average molecular weight is 593 g/mol. The Bertz CT molecular complexity index is 1700. The summed E-state index contributed by atoms with van der Waals surface area (Å²) in [6.45, 7) is 0.476. The summed E-state index contributed by atoms with van der Waals surface area (Å²) < 4.78 is 128. The Kier molecular flexibility index (Phi) is 7.82. The van der Waals surface area contributed by atoms with Gasteiger partial charge in [-0.2, -0.15) is 31.4 Å². The summed E-state index contributed by atoms with van der Waals surface area (Å²) in [6, 6.07) is 2.07. The van der Waals surface area contributed by atoms with E-state index in [1.807, 2.05) is 0 Å². The van der Waals surface area contributed by atoms with E-state index >= 15 is 0 Å². The molecule has 0 fully saturated rings. The Morgan fingerprint density at radius 3 is 2.27 bits per heavy atom. The zero-order chi connectivity index (χ0) is 30.3. The normalized spacial score (nSPS) is 13.8. The van der Waals surface area contributed by atoms with Gasteiger partial charge in [0.15, 0.2) is 28.8 Å². The van der Waals surface area contributed by atoms with Crippen molar-refractivity contribution in [1.29, 1.82) is 0 Å². The summed E-state index contributed by atoms with van der Waals surface area (Å²) in [5.74, 6) is -4.82. The van der Waals surface area contributed by atoms with Crippen LogP contribution in [-0.4, -0.2) is 37.0 Å². The quantitative estimate of drug-likeness (QED) is 0.301. The highest BCUT2D eigenvalue weighted by Gasteiger charge is 2.39. The fraction of sp³-hybridized carbons (Fsp3) is 0.292. The lowest BCUT2D eigenvalue weighted by Gasteiger charge is -2.19. The first kappa shape index (κ1) is 29.5. The number of fused-ring (bicyclic) bond motifs is 1. The number of alkyl halides is 7. The molecule has 4 rings (SSSR count). The molecule has 2 unspecified atom stereocenters. The van der Waals surface area contributed by atoms with Gasteiger partial charge in [-0.1, -0.05) is 0 Å². The molecule has 0 saturated heterocycles. The van der Waals surface area contributed by atoms with Gasteiger partial charge in [-0.05, 0) is 24.4 Å². The number of hydrogen-bond acceptors (Lipinski definition) is 6. The van der Waals surface area contributed by atoms with Crippen LogP contribution < -0.4 is 15.9 Å². The van der Waals surface area contributed by atoms with Gasteiger partial charge in [0.1, 0.15) is 6.17 Å². The van der Waals surface area contributed by atoms with Gasteiger partial charge in [-0.25, -0.2) is 28.2 Å². The molecule has 2 atom stereocenters. The number of aromatic nitrogens is 5. The summed E-state index contributed by atoms with van der Waals surface area (Å²) in [7, 11) is 0. The molecule has 0 aliphatic rings. The molecule has 0 spiro atoms. The number of nitrogens with zero attached hydrogens (tertiary/aromatic N) is 4. The van der Waals surface area contributed by atoms with Gasteiger partial charge >= 0.3 is 12.4 Å². The fourth-order valence-corrected chi connectivity index (χ4v) is 3.95. The molecule has 0 aliphatic carbocycles. The molecule has 0 saturated carbocycles. The highest BCUT2D eigenvalue weighted by atomic mass is 19.4. The fourth-order valence-electron chi connectivity index (χ4n) is 3.95. The lowest BCUT2D eigenvalue weighted by Crippen LogP contribution is -2.29. The van der Waals surface area contributed by atoms with Crippen molar-refractivity contribution in [2.24, 2.45) is 0 Å². The second kappa shape index (κ2) is 10.9. The van der Waals surface area contributed by atoms with Crippen molar-refractivity contribution in [3.05, 3.63) is 80.4 Å². The van der Waals surface area contributed by atoms with Gasteiger partial charge in [-0.3, -0.25) is 9.59 Å². The van der Waals surface area contributed by atoms with Crippen LogP contribution in [-0.2, 0) is 18.9 Å². The number of ether oxygens (including phenoxy) is 1. The van der Waals surface area contributed by atoms with Gasteiger partial charge in [0.2, 0.25) is 0 Å². The maximum atomic E-state index is 14.9. The second-order valence-electron chi connectivity index (χ2n) is 8.78. The number of hydrogen-bond donors (Lipinski definition) is 1. The van der Waals surface area contributed by atoms with E-state index in [0.717, 1.165) is 18.3 Å². The number of aromatic amines is 1. The molecular formula is C24H16F9N5O3. The molecule has 3 aromatic heterocycles. The predicted molar refractivity (Wildman–Crippen MR) is 124 cm³/mol. The Morgan fingerprint density at radius 1 is 1.00 bits per heavy atom. The van der Waals surface area contributed by atoms with Crippen molar-refractivity contribution in [2.75, 3.05) is 0 Å². The minimum atomic E-state index is -5.09. The lowest BCUT2D eigenvalue weighted by atomic mass is 10.1. The summed E-state index contributed by atoms with van der Waals surface area (Å²) in [5, 5.41) is 3.88. The maximum Gasteiger partial charge on any atom is 0.425 e. The molecule has 0 amide bonds. The Balaban J connectivity index is 1.56. The zero-order valence-corrected chi connectivity index (χ0v) is 20.4. The molecule has 0 aliphatic heterocycles. The van der Waals surface area contributed by atoms with Crippen molar-refractivity contribution < 1.29 is 44.3 Å². The number of pyridine rings is 1. The van der Waals surface area contributed by atoms with E-state index in [1.165, 1.54) is 6.92 Å². The van der Waals surface area contributed by atoms with Crippen molar-refractivity contribution in [3.63, 3.8) is 0 Å². The van der Waals surface area contributed by atoms with Crippen LogP contribution in [0.5, 0.6) is 5.75 Å². The average Bonchev–Trinajstić information content (AvgIpc) is 2.86. The first-order chi connectivity index (χ1) is 19.1. The SMILES string of the molecule is CC(CC(F)Cn1ccc2cc(-c3ncc(C(F)(F)F)cn3)c(F)c(F)c2c1=O)Oc1cn[nH]c(=O)c1C(F)(F)F. The van der Waals surface area contributed by atoms with E-state index in [2.05, 4.69) is 15.1 Å². The van der Waals surface area contributed by atoms with Gasteiger partial charge in [0, 0.05) is 25.0 Å². The van der Waals surface area contributed by atoms with Gasteiger partial charge in [-0.15, -0.1) is 0 Å². The van der Waals surface area contributed by atoms with Crippen LogP contribution in [0.3, 0.4) is 0 Å². The van der Waals surface area contributed by atoms with Gasteiger partial charge < -0.3 is 9.30 Å². The third kappa shape index (κ3) is 6.17. The minimum Gasteiger partial charge on any atom is -0.488 e. The third-order valence-electron chi connectivity index (χ3n) is 5.78. The molecule has 3 heterocycles. The van der Waals surface area contributed by atoms with E-state index in [9.17, 15) is 49.1 Å². The molecule has 218 valence electrons. The zero-order valence-electron chi connectivity index (χ0n) is 20.4. The van der Waals surface area contributed by atoms with Crippen molar-refractivity contribution >= 4 is 10.8 Å². The van der Waals surface area contributed by atoms with Crippen LogP contribution >= 0.6 is 0 Å². The molecule has 0 radical (unpaired) electrons. The van der Waals surface area contributed by atoms with Crippen LogP contribution in [0, 0.1) is 11.6 Å². The number of halogens is 9. The standard InChI is InChI=1S/C24H16F9N5O3/c1-10(41-15-8-36-37-21(39)17(15)24(31,32)33)4-13(25)9-38-3-2-11-5-14(18(26)19(27)16(11)22(38)40)20-34-6-12(7-35-20)23(28,29)30/h2-3,5-8,10,13H,4,9H2,1H3,(H,37,39). The lowest BCUT2D eigenvalue weighted by molar-refractivity contribution is -0.140. The Labute approximate surface area is 222 Å². The van der Waals surface area contributed by atoms with E-state index in [1.54, 1.807) is 5.10 Å². The van der Waals surface area contributed by atoms with Crippen LogP contribution in [0.4, 0.5) is 39.5 Å². The molecule has 41 heavy (non-hydrogen) atoms. The number of nitrogens with one attached hydrogen (secondary N) is 1. The molecule has 0 bridgehead atoms. The van der Waals surface area contributed by atoms with Crippen LogP contribution in [0.1, 0.15) is 24.5 Å². The third-order valence-corrected chi connectivity index (χ3v) is 5.78. The predicted octanol–water partition coefficient (Wildman–Crippen LogP) is 5.05. The molecule has 8 nitrogen and oxygen atoms in total. The van der Waals surface area contributed by atoms with E-state index in [0.29, 0.717) is 23.2 Å². The second-order valence-corrected chi connectivity index (χ2v) is 8.78. The highest BCUT2D eigenvalue weighted by molar-refractivity contribution is 5.86. The van der Waals surface area contributed by atoms with Gasteiger partial charge in [0.25, 0.3) is 11.1 Å². The largest absolute Gasteiger partial charge is 0.488 e. The minimum absolute atomic E-state index is 0.183. The summed E-state index contributed by atoms with van der Waals surface area (Å²) in [4.78, 5) is 31.2. The molecule has 1 aromatic carbocycles. The Morgan fingerprint density at radius 2 is 1.66 bits per heavy atom. The van der Waals surface area contributed by atoms with E-state index in [4.69, 9.17) is 4.74 Å². The van der Waals surface area contributed by atoms with Gasteiger partial charge in [0.05, 0.1) is 35.4 Å². The van der Waals surface area contributed by atoms with Crippen molar-refractivity contribution in [3.8, 4) is 17.1 Å². The van der Waals surface area contributed by atoms with Crippen LogP contribution in [0.2, 0.25) is 0 Å². The molecule has 17 heteroatoms. The van der Waals surface area contributed by atoms with Crippen LogP contribution in [0.25, 0.3) is 22.2 Å². The summed E-state index contributed by atoms with van der Waals surface area (Å²) in [5.41, 5.74) is -6.24. The van der Waals surface area contributed by atoms with E-state index < -0.39 is 94.0 Å². The first-order valence-electron chi connectivity index (χ1n) is 11.4. The van der Waals surface area contributed by atoms with E-state index in [-0.39, 0.29) is 5.39 Å². The van der Waals surface area contributed by atoms with Crippen molar-refractivity contribution in [2.45, 2.75) is 44.5 Å². The number of rotatable bonds is 7. The maximum absolute atomic E-state index is 14.9. The molecule has 4 aromatic rings. The monoisotopic (exact) mass is 593 g/mol.